The van der Waals surface area contributed by atoms with Crippen LogP contribution in [0, 0.1) is 0 Å². The van der Waals surface area contributed by atoms with Crippen molar-refractivity contribution in [2.24, 2.45) is 0 Å². The maximum atomic E-state index is 11.9. The second kappa shape index (κ2) is 7.94. The first-order valence-electron chi connectivity index (χ1n) is 7.90. The predicted octanol–water partition coefficient (Wildman–Crippen LogP) is 1.16. The van der Waals surface area contributed by atoms with Gasteiger partial charge in [-0.25, -0.2) is 0 Å². The number of amides is 2. The van der Waals surface area contributed by atoms with Crippen molar-refractivity contribution in [1.82, 2.24) is 10.6 Å². The molecule has 1 aromatic rings. The van der Waals surface area contributed by atoms with Crippen LogP contribution in [0.25, 0.3) is 0 Å². The molecule has 2 amide bonds. The Kier molecular flexibility index (Phi) is 5.95. The van der Waals surface area contributed by atoms with Crippen LogP contribution in [-0.2, 0) is 16.0 Å². The van der Waals surface area contributed by atoms with E-state index in [0.717, 1.165) is 38.5 Å². The van der Waals surface area contributed by atoms with E-state index in [2.05, 4.69) is 10.6 Å². The van der Waals surface area contributed by atoms with Gasteiger partial charge in [-0.3, -0.25) is 9.59 Å². The Morgan fingerprint density at radius 1 is 1.09 bits per heavy atom. The van der Waals surface area contributed by atoms with Crippen LogP contribution in [0.15, 0.2) is 30.3 Å². The summed E-state index contributed by atoms with van der Waals surface area (Å²) in [6, 6.07) is 10.0. The van der Waals surface area contributed by atoms with E-state index in [-0.39, 0.29) is 6.61 Å². The average molecular weight is 304 g/mol. The topological polar surface area (TPSA) is 78.4 Å². The number of rotatable bonds is 6. The van der Waals surface area contributed by atoms with Crippen molar-refractivity contribution in [3.8, 4) is 0 Å². The van der Waals surface area contributed by atoms with Gasteiger partial charge in [-0.15, -0.1) is 0 Å². The molecule has 22 heavy (non-hydrogen) atoms. The number of hydrogen-bond donors (Lipinski definition) is 3. The molecule has 0 atom stereocenters. The van der Waals surface area contributed by atoms with Crippen molar-refractivity contribution in [1.29, 1.82) is 0 Å². The molecule has 1 aliphatic carbocycles. The molecule has 1 saturated carbocycles. The van der Waals surface area contributed by atoms with Crippen LogP contribution in [0.4, 0.5) is 0 Å². The number of nitrogens with one attached hydrogen (secondary N) is 2. The van der Waals surface area contributed by atoms with E-state index in [1.165, 1.54) is 5.56 Å². The summed E-state index contributed by atoms with van der Waals surface area (Å²) in [5.74, 6) is -1.26. The number of aliphatic hydroxyl groups is 1. The molecule has 3 N–H and O–H groups in total. The largest absolute Gasteiger partial charge is 0.394 e. The number of aliphatic hydroxyl groups excluding tert-OH is 1. The highest BCUT2D eigenvalue weighted by molar-refractivity contribution is 6.35. The van der Waals surface area contributed by atoms with Gasteiger partial charge in [0.05, 0.1) is 12.1 Å². The zero-order chi connectivity index (χ0) is 15.8. The fraction of sp³-hybridized carbons (Fsp3) is 0.529. The molecule has 120 valence electrons. The molecule has 5 heteroatoms. The van der Waals surface area contributed by atoms with Gasteiger partial charge in [0.2, 0.25) is 0 Å². The first kappa shape index (κ1) is 16.5. The highest BCUT2D eigenvalue weighted by atomic mass is 16.3. The van der Waals surface area contributed by atoms with Gasteiger partial charge in [0.15, 0.2) is 0 Å². The number of carbonyl (C=O) groups excluding carboxylic acids is 2. The number of benzene rings is 1. The molecule has 0 aromatic heterocycles. The fourth-order valence-electron chi connectivity index (χ4n) is 2.89. The molecular formula is C17H24N2O3. The van der Waals surface area contributed by atoms with Gasteiger partial charge in [-0.1, -0.05) is 43.2 Å². The van der Waals surface area contributed by atoms with Crippen molar-refractivity contribution in [3.05, 3.63) is 35.9 Å². The molecule has 0 bridgehead atoms. The summed E-state index contributed by atoms with van der Waals surface area (Å²) < 4.78 is 0. The predicted molar refractivity (Wildman–Crippen MR) is 84.2 cm³/mol. The zero-order valence-corrected chi connectivity index (χ0v) is 12.8. The Morgan fingerprint density at radius 2 is 1.77 bits per heavy atom. The van der Waals surface area contributed by atoms with Crippen LogP contribution in [0.3, 0.4) is 0 Å². The lowest BCUT2D eigenvalue weighted by Crippen LogP contribution is -2.53. The highest BCUT2D eigenvalue weighted by Crippen LogP contribution is 2.28. The van der Waals surface area contributed by atoms with Crippen LogP contribution in [0.5, 0.6) is 0 Å². The lowest BCUT2D eigenvalue weighted by atomic mass is 9.99. The average Bonchev–Trinajstić information content (AvgIpc) is 3.01. The lowest BCUT2D eigenvalue weighted by molar-refractivity contribution is -0.140. The monoisotopic (exact) mass is 304 g/mol. The van der Waals surface area contributed by atoms with Crippen LogP contribution in [0.1, 0.15) is 37.7 Å². The van der Waals surface area contributed by atoms with Gasteiger partial charge in [0.1, 0.15) is 0 Å². The summed E-state index contributed by atoms with van der Waals surface area (Å²) in [7, 11) is 0. The van der Waals surface area contributed by atoms with Crippen molar-refractivity contribution in [2.75, 3.05) is 13.2 Å². The summed E-state index contributed by atoms with van der Waals surface area (Å²) in [5, 5.41) is 14.8. The SMILES string of the molecule is O=C(NCCCc1ccccc1)C(=O)NC1(CO)CCCC1. The number of carbonyl (C=O) groups is 2. The molecule has 0 heterocycles. The van der Waals surface area contributed by atoms with Crippen molar-refractivity contribution in [3.63, 3.8) is 0 Å². The Morgan fingerprint density at radius 3 is 2.41 bits per heavy atom. The smallest absolute Gasteiger partial charge is 0.309 e. The second-order valence-electron chi connectivity index (χ2n) is 5.94. The molecule has 2 rings (SSSR count). The van der Waals surface area contributed by atoms with E-state index >= 15 is 0 Å². The number of hydrogen-bond acceptors (Lipinski definition) is 3. The zero-order valence-electron chi connectivity index (χ0n) is 12.8. The Balaban J connectivity index is 1.69. The van der Waals surface area contributed by atoms with Crippen LogP contribution >= 0.6 is 0 Å². The Labute approximate surface area is 131 Å². The standard InChI is InChI=1S/C17H24N2O3/c20-13-17(10-4-5-11-17)19-16(22)15(21)18-12-6-9-14-7-2-1-3-8-14/h1-3,7-8,20H,4-6,9-13H2,(H,18,21)(H,19,22). The summed E-state index contributed by atoms with van der Waals surface area (Å²) >= 11 is 0. The van der Waals surface area contributed by atoms with E-state index < -0.39 is 17.4 Å². The third-order valence-electron chi connectivity index (χ3n) is 4.22. The van der Waals surface area contributed by atoms with Crippen molar-refractivity contribution < 1.29 is 14.7 Å². The Hall–Kier alpha value is -1.88. The van der Waals surface area contributed by atoms with Gasteiger partial charge in [0, 0.05) is 6.54 Å². The quantitative estimate of drug-likeness (QED) is 0.545. The summed E-state index contributed by atoms with van der Waals surface area (Å²) in [5.41, 5.74) is 0.616. The normalized spacial score (nSPS) is 16.2. The lowest BCUT2D eigenvalue weighted by Gasteiger charge is -2.27. The first-order valence-corrected chi connectivity index (χ1v) is 7.90. The molecule has 1 aliphatic rings. The Bertz CT molecular complexity index is 496. The van der Waals surface area contributed by atoms with Gasteiger partial charge in [-0.2, -0.15) is 0 Å². The van der Waals surface area contributed by atoms with Crippen LogP contribution in [0.2, 0.25) is 0 Å². The summed E-state index contributed by atoms with van der Waals surface area (Å²) in [6.45, 7) is 0.354. The molecule has 0 radical (unpaired) electrons. The third kappa shape index (κ3) is 4.56. The van der Waals surface area contributed by atoms with E-state index in [1.54, 1.807) is 0 Å². The van der Waals surface area contributed by atoms with E-state index in [0.29, 0.717) is 6.54 Å². The second-order valence-corrected chi connectivity index (χ2v) is 5.94. The summed E-state index contributed by atoms with van der Waals surface area (Å²) in [6.07, 6.45) is 5.06. The van der Waals surface area contributed by atoms with Gasteiger partial charge < -0.3 is 15.7 Å². The molecule has 0 aliphatic heterocycles. The van der Waals surface area contributed by atoms with E-state index in [4.69, 9.17) is 0 Å². The highest BCUT2D eigenvalue weighted by Gasteiger charge is 2.35. The van der Waals surface area contributed by atoms with Crippen molar-refractivity contribution >= 4 is 11.8 Å². The molecule has 5 nitrogen and oxygen atoms in total. The van der Waals surface area contributed by atoms with Crippen LogP contribution in [-0.4, -0.2) is 35.6 Å². The van der Waals surface area contributed by atoms with Gasteiger partial charge in [0.25, 0.3) is 0 Å². The summed E-state index contributed by atoms with van der Waals surface area (Å²) in [4.78, 5) is 23.7. The van der Waals surface area contributed by atoms with E-state index in [9.17, 15) is 14.7 Å². The van der Waals surface area contributed by atoms with E-state index in [1.807, 2.05) is 30.3 Å². The van der Waals surface area contributed by atoms with Crippen LogP contribution < -0.4 is 10.6 Å². The molecular weight excluding hydrogens is 280 g/mol. The van der Waals surface area contributed by atoms with Crippen molar-refractivity contribution in [2.45, 2.75) is 44.1 Å². The molecule has 1 fully saturated rings. The minimum absolute atomic E-state index is 0.111. The fourth-order valence-corrected chi connectivity index (χ4v) is 2.89. The molecule has 0 unspecified atom stereocenters. The maximum Gasteiger partial charge on any atom is 0.309 e. The molecule has 1 aromatic carbocycles. The minimum atomic E-state index is -0.643. The minimum Gasteiger partial charge on any atom is -0.394 e. The first-order chi connectivity index (χ1) is 10.7. The third-order valence-corrected chi connectivity index (χ3v) is 4.22. The molecule has 0 saturated heterocycles. The number of aryl methyl sites for hydroxylation is 1. The molecule has 0 spiro atoms. The van der Waals surface area contributed by atoms with Gasteiger partial charge in [-0.05, 0) is 31.2 Å². The maximum absolute atomic E-state index is 11.9. The van der Waals surface area contributed by atoms with Gasteiger partial charge >= 0.3 is 11.8 Å².